The van der Waals surface area contributed by atoms with Gasteiger partial charge in [0.2, 0.25) is 0 Å². The molecule has 1 aromatic carbocycles. The van der Waals surface area contributed by atoms with Gasteiger partial charge in [0.1, 0.15) is 5.75 Å². The molecule has 94 valence electrons. The second kappa shape index (κ2) is 6.48. The van der Waals surface area contributed by atoms with E-state index in [2.05, 4.69) is 5.32 Å². The van der Waals surface area contributed by atoms with Crippen LogP contribution in [0.1, 0.15) is 25.7 Å². The van der Waals surface area contributed by atoms with Crippen molar-refractivity contribution >= 4 is 23.2 Å². The zero-order chi connectivity index (χ0) is 12.1. The number of rotatable bonds is 4. The van der Waals surface area contributed by atoms with Crippen molar-refractivity contribution < 1.29 is 4.74 Å². The normalized spacial score (nSPS) is 20.2. The molecule has 0 spiro atoms. The monoisotopic (exact) mass is 273 g/mol. The van der Waals surface area contributed by atoms with Crippen LogP contribution in [0.5, 0.6) is 5.75 Å². The molecule has 1 aliphatic heterocycles. The fourth-order valence-corrected chi connectivity index (χ4v) is 2.34. The Hall–Kier alpha value is -0.440. The van der Waals surface area contributed by atoms with Crippen LogP contribution in [-0.4, -0.2) is 19.2 Å². The van der Waals surface area contributed by atoms with E-state index in [0.717, 1.165) is 25.3 Å². The molecule has 0 aliphatic carbocycles. The van der Waals surface area contributed by atoms with E-state index in [9.17, 15) is 0 Å². The van der Waals surface area contributed by atoms with E-state index in [4.69, 9.17) is 27.9 Å². The second-order valence-corrected chi connectivity index (χ2v) is 5.17. The Kier molecular flexibility index (Phi) is 4.96. The average molecular weight is 274 g/mol. The summed E-state index contributed by atoms with van der Waals surface area (Å²) in [5.41, 5.74) is 0. The summed E-state index contributed by atoms with van der Waals surface area (Å²) in [6, 6.07) is 5.98. The minimum absolute atomic E-state index is 0.542. The standard InChI is InChI=1S/C13H17Cl2NO/c14-12-5-4-11(9-13(12)15)17-8-6-10-3-1-2-7-16-10/h4-5,9-10,16H,1-3,6-8H2. The lowest BCUT2D eigenvalue weighted by Gasteiger charge is -2.23. The second-order valence-electron chi connectivity index (χ2n) is 4.36. The summed E-state index contributed by atoms with van der Waals surface area (Å²) in [4.78, 5) is 0. The fraction of sp³-hybridized carbons (Fsp3) is 0.538. The van der Waals surface area contributed by atoms with Gasteiger partial charge in [0, 0.05) is 12.1 Å². The van der Waals surface area contributed by atoms with E-state index < -0.39 is 0 Å². The highest BCUT2D eigenvalue weighted by Gasteiger charge is 2.12. The SMILES string of the molecule is Clc1ccc(OCCC2CCCCN2)cc1Cl. The molecule has 1 heterocycles. The Labute approximate surface area is 112 Å². The number of piperidine rings is 1. The summed E-state index contributed by atoms with van der Waals surface area (Å²) < 4.78 is 5.66. The van der Waals surface area contributed by atoms with Gasteiger partial charge in [-0.25, -0.2) is 0 Å². The summed E-state index contributed by atoms with van der Waals surface area (Å²) in [5, 5.41) is 4.60. The van der Waals surface area contributed by atoms with Crippen molar-refractivity contribution in [3.8, 4) is 5.75 Å². The first-order valence-corrected chi connectivity index (χ1v) is 6.82. The number of hydrogen-bond acceptors (Lipinski definition) is 2. The van der Waals surface area contributed by atoms with Gasteiger partial charge in [-0.3, -0.25) is 0 Å². The average Bonchev–Trinajstić information content (AvgIpc) is 2.35. The molecule has 0 radical (unpaired) electrons. The predicted octanol–water partition coefficient (Wildman–Crippen LogP) is 3.90. The van der Waals surface area contributed by atoms with Crippen LogP contribution >= 0.6 is 23.2 Å². The molecule has 0 saturated carbocycles. The van der Waals surface area contributed by atoms with Crippen molar-refractivity contribution in [1.82, 2.24) is 5.32 Å². The first kappa shape index (κ1) is 13.0. The van der Waals surface area contributed by atoms with Gasteiger partial charge < -0.3 is 10.1 Å². The molecule has 1 unspecified atom stereocenters. The summed E-state index contributed by atoms with van der Waals surface area (Å²) in [6.45, 7) is 1.85. The minimum atomic E-state index is 0.542. The Morgan fingerprint density at radius 1 is 1.24 bits per heavy atom. The van der Waals surface area contributed by atoms with E-state index >= 15 is 0 Å². The summed E-state index contributed by atoms with van der Waals surface area (Å²) in [5.74, 6) is 0.787. The van der Waals surface area contributed by atoms with Crippen molar-refractivity contribution in [2.24, 2.45) is 0 Å². The van der Waals surface area contributed by atoms with E-state index in [1.54, 1.807) is 12.1 Å². The van der Waals surface area contributed by atoms with Crippen LogP contribution in [0.15, 0.2) is 18.2 Å². The van der Waals surface area contributed by atoms with Gasteiger partial charge in [-0.2, -0.15) is 0 Å². The highest BCUT2D eigenvalue weighted by molar-refractivity contribution is 6.42. The predicted molar refractivity (Wildman–Crippen MR) is 72.2 cm³/mol. The lowest BCUT2D eigenvalue weighted by molar-refractivity contribution is 0.268. The smallest absolute Gasteiger partial charge is 0.120 e. The van der Waals surface area contributed by atoms with Crippen LogP contribution in [0.2, 0.25) is 10.0 Å². The zero-order valence-corrected chi connectivity index (χ0v) is 11.2. The molecule has 0 amide bonds. The van der Waals surface area contributed by atoms with Gasteiger partial charge in [-0.15, -0.1) is 0 Å². The number of benzene rings is 1. The molecule has 1 atom stereocenters. The van der Waals surface area contributed by atoms with Gasteiger partial charge in [0.15, 0.2) is 0 Å². The van der Waals surface area contributed by atoms with E-state index in [0.29, 0.717) is 16.1 Å². The molecule has 17 heavy (non-hydrogen) atoms. The molecule has 1 saturated heterocycles. The van der Waals surface area contributed by atoms with Gasteiger partial charge in [0.25, 0.3) is 0 Å². The highest BCUT2D eigenvalue weighted by atomic mass is 35.5. The number of hydrogen-bond donors (Lipinski definition) is 1. The third-order valence-electron chi connectivity index (χ3n) is 3.04. The van der Waals surface area contributed by atoms with Crippen LogP contribution in [0, 0.1) is 0 Å². The molecular formula is C13H17Cl2NO. The van der Waals surface area contributed by atoms with Crippen molar-refractivity contribution in [3.05, 3.63) is 28.2 Å². The van der Waals surface area contributed by atoms with Crippen LogP contribution in [0.3, 0.4) is 0 Å². The molecule has 0 bridgehead atoms. The van der Waals surface area contributed by atoms with Gasteiger partial charge in [-0.1, -0.05) is 29.6 Å². The Morgan fingerprint density at radius 2 is 2.12 bits per heavy atom. The number of nitrogens with one attached hydrogen (secondary N) is 1. The molecule has 4 heteroatoms. The van der Waals surface area contributed by atoms with Crippen molar-refractivity contribution in [1.29, 1.82) is 0 Å². The van der Waals surface area contributed by atoms with Crippen molar-refractivity contribution in [2.75, 3.05) is 13.2 Å². The third-order valence-corrected chi connectivity index (χ3v) is 3.78. The summed E-state index contributed by atoms with van der Waals surface area (Å²) in [6.07, 6.45) is 4.92. The molecule has 1 aromatic rings. The lowest BCUT2D eigenvalue weighted by Crippen LogP contribution is -2.35. The van der Waals surface area contributed by atoms with Crippen LogP contribution in [-0.2, 0) is 0 Å². The Morgan fingerprint density at radius 3 is 2.82 bits per heavy atom. The van der Waals surface area contributed by atoms with E-state index in [1.165, 1.54) is 19.3 Å². The Bertz CT molecular complexity index is 364. The molecule has 1 N–H and O–H groups in total. The summed E-state index contributed by atoms with van der Waals surface area (Å²) >= 11 is 11.8. The van der Waals surface area contributed by atoms with E-state index in [1.807, 2.05) is 6.07 Å². The molecule has 2 rings (SSSR count). The first-order valence-electron chi connectivity index (χ1n) is 6.07. The third kappa shape index (κ3) is 4.06. The van der Waals surface area contributed by atoms with Gasteiger partial charge >= 0.3 is 0 Å². The maximum absolute atomic E-state index is 5.92. The molecule has 0 aromatic heterocycles. The molecule has 1 fully saturated rings. The van der Waals surface area contributed by atoms with Crippen molar-refractivity contribution in [2.45, 2.75) is 31.7 Å². The quantitative estimate of drug-likeness (QED) is 0.899. The minimum Gasteiger partial charge on any atom is -0.493 e. The summed E-state index contributed by atoms with van der Waals surface area (Å²) in [7, 11) is 0. The topological polar surface area (TPSA) is 21.3 Å². The van der Waals surface area contributed by atoms with Crippen molar-refractivity contribution in [3.63, 3.8) is 0 Å². The van der Waals surface area contributed by atoms with Gasteiger partial charge in [0.05, 0.1) is 16.7 Å². The first-order chi connectivity index (χ1) is 8.25. The molecule has 1 aliphatic rings. The molecular weight excluding hydrogens is 257 g/mol. The molecule has 2 nitrogen and oxygen atoms in total. The maximum Gasteiger partial charge on any atom is 0.120 e. The zero-order valence-electron chi connectivity index (χ0n) is 9.72. The Balaban J connectivity index is 1.75. The van der Waals surface area contributed by atoms with Crippen LogP contribution in [0.25, 0.3) is 0 Å². The van der Waals surface area contributed by atoms with E-state index in [-0.39, 0.29) is 0 Å². The number of halogens is 2. The van der Waals surface area contributed by atoms with Crippen LogP contribution in [0.4, 0.5) is 0 Å². The number of ether oxygens (including phenoxy) is 1. The van der Waals surface area contributed by atoms with Crippen LogP contribution < -0.4 is 10.1 Å². The van der Waals surface area contributed by atoms with Gasteiger partial charge in [-0.05, 0) is 37.9 Å². The maximum atomic E-state index is 5.92. The lowest BCUT2D eigenvalue weighted by atomic mass is 10.0. The fourth-order valence-electron chi connectivity index (χ4n) is 2.06. The largest absolute Gasteiger partial charge is 0.493 e. The highest BCUT2D eigenvalue weighted by Crippen LogP contribution is 2.26.